The lowest BCUT2D eigenvalue weighted by atomic mass is 10.0. The molecule has 4 rings (SSSR count). The highest BCUT2D eigenvalue weighted by Gasteiger charge is 2.29. The van der Waals surface area contributed by atoms with Crippen LogP contribution in [0.5, 0.6) is 0 Å². The van der Waals surface area contributed by atoms with Crippen LogP contribution in [0.1, 0.15) is 73.1 Å². The number of benzene rings is 1. The van der Waals surface area contributed by atoms with Gasteiger partial charge in [-0.25, -0.2) is 0 Å². The summed E-state index contributed by atoms with van der Waals surface area (Å²) in [4.78, 5) is 39.8. The molecule has 33 heavy (non-hydrogen) atoms. The third-order valence-electron chi connectivity index (χ3n) is 6.63. The van der Waals surface area contributed by atoms with E-state index in [0.29, 0.717) is 30.9 Å². The van der Waals surface area contributed by atoms with Crippen LogP contribution < -0.4 is 10.6 Å². The lowest BCUT2D eigenvalue weighted by molar-refractivity contribution is -0.134. The standard InChI is InChI=1S/C25H33N5O3/c1-29-21-15-16-30(23(32)14-13-22(31)26-18-9-5-2-3-6-10-18)17-20(21)24(28-29)25(33)27-19-11-7-4-8-12-19/h4,7-8,11-12,18H,2-3,5-6,9-10,13-17H2,1H3,(H,26,31)(H,27,33). The second kappa shape index (κ2) is 10.6. The van der Waals surface area contributed by atoms with Crippen molar-refractivity contribution in [3.8, 4) is 0 Å². The Labute approximate surface area is 194 Å². The molecule has 0 unspecified atom stereocenters. The second-order valence-electron chi connectivity index (χ2n) is 9.04. The summed E-state index contributed by atoms with van der Waals surface area (Å²) < 4.78 is 1.73. The Morgan fingerprint density at radius 3 is 2.48 bits per heavy atom. The molecular weight excluding hydrogens is 418 g/mol. The Morgan fingerprint density at radius 1 is 1.03 bits per heavy atom. The first-order valence-electron chi connectivity index (χ1n) is 12.0. The van der Waals surface area contributed by atoms with E-state index in [0.717, 1.165) is 36.9 Å². The molecular formula is C25H33N5O3. The average molecular weight is 452 g/mol. The van der Waals surface area contributed by atoms with Crippen LogP contribution in [0.2, 0.25) is 0 Å². The summed E-state index contributed by atoms with van der Waals surface area (Å²) >= 11 is 0. The number of para-hydroxylation sites is 1. The van der Waals surface area contributed by atoms with E-state index in [-0.39, 0.29) is 36.6 Å². The fraction of sp³-hybridized carbons (Fsp3) is 0.520. The molecule has 2 N–H and O–H groups in total. The van der Waals surface area contributed by atoms with E-state index in [1.54, 1.807) is 9.58 Å². The zero-order chi connectivity index (χ0) is 23.2. The van der Waals surface area contributed by atoms with Crippen LogP contribution in [-0.2, 0) is 29.6 Å². The number of rotatable bonds is 6. The largest absolute Gasteiger partial charge is 0.353 e. The Bertz CT molecular complexity index is 993. The smallest absolute Gasteiger partial charge is 0.276 e. The molecule has 1 aliphatic heterocycles. The van der Waals surface area contributed by atoms with Crippen molar-refractivity contribution in [1.29, 1.82) is 0 Å². The Hall–Kier alpha value is -3.16. The zero-order valence-electron chi connectivity index (χ0n) is 19.3. The number of aromatic nitrogens is 2. The van der Waals surface area contributed by atoms with Gasteiger partial charge in [0.05, 0.1) is 0 Å². The van der Waals surface area contributed by atoms with E-state index < -0.39 is 0 Å². The number of hydrogen-bond donors (Lipinski definition) is 2. The topological polar surface area (TPSA) is 96.3 Å². The Morgan fingerprint density at radius 2 is 1.76 bits per heavy atom. The van der Waals surface area contributed by atoms with E-state index in [2.05, 4.69) is 15.7 Å². The van der Waals surface area contributed by atoms with Crippen LogP contribution in [0, 0.1) is 0 Å². The van der Waals surface area contributed by atoms with Gasteiger partial charge >= 0.3 is 0 Å². The molecule has 0 radical (unpaired) electrons. The van der Waals surface area contributed by atoms with Crippen LogP contribution in [0.4, 0.5) is 5.69 Å². The van der Waals surface area contributed by atoms with Crippen LogP contribution in [0.25, 0.3) is 0 Å². The van der Waals surface area contributed by atoms with Crippen molar-refractivity contribution in [3.05, 3.63) is 47.3 Å². The fourth-order valence-electron chi connectivity index (χ4n) is 4.80. The molecule has 0 bridgehead atoms. The highest BCUT2D eigenvalue weighted by atomic mass is 16.2. The summed E-state index contributed by atoms with van der Waals surface area (Å²) in [6, 6.07) is 9.49. The number of fused-ring (bicyclic) bond motifs is 1. The van der Waals surface area contributed by atoms with Crippen LogP contribution in [0.15, 0.2) is 30.3 Å². The minimum atomic E-state index is -0.282. The summed E-state index contributed by atoms with van der Waals surface area (Å²) in [7, 11) is 1.83. The molecule has 176 valence electrons. The van der Waals surface area contributed by atoms with E-state index in [4.69, 9.17) is 0 Å². The van der Waals surface area contributed by atoms with E-state index in [1.165, 1.54) is 12.8 Å². The van der Waals surface area contributed by atoms with Gasteiger partial charge in [0.25, 0.3) is 5.91 Å². The minimum absolute atomic E-state index is 0.0442. The molecule has 0 saturated heterocycles. The van der Waals surface area contributed by atoms with Crippen molar-refractivity contribution in [3.63, 3.8) is 0 Å². The SMILES string of the molecule is Cn1nc(C(=O)Nc2ccccc2)c2c1CCN(C(=O)CCC(=O)NC1CCCCCC1)C2. The first-order valence-corrected chi connectivity index (χ1v) is 12.0. The Kier molecular flexibility index (Phi) is 7.42. The maximum absolute atomic E-state index is 12.9. The molecule has 8 heteroatoms. The normalized spacial score (nSPS) is 16.6. The van der Waals surface area contributed by atoms with Gasteiger partial charge in [-0.15, -0.1) is 0 Å². The molecule has 1 fully saturated rings. The molecule has 8 nitrogen and oxygen atoms in total. The average Bonchev–Trinajstić information content (AvgIpc) is 2.97. The zero-order valence-corrected chi connectivity index (χ0v) is 19.3. The molecule has 2 aliphatic rings. The number of nitrogens with one attached hydrogen (secondary N) is 2. The van der Waals surface area contributed by atoms with Gasteiger partial charge in [-0.2, -0.15) is 5.10 Å². The van der Waals surface area contributed by atoms with Crippen LogP contribution >= 0.6 is 0 Å². The fourth-order valence-corrected chi connectivity index (χ4v) is 4.80. The van der Waals surface area contributed by atoms with Crippen LogP contribution in [0.3, 0.4) is 0 Å². The summed E-state index contributed by atoms with van der Waals surface area (Å²) in [6.07, 6.45) is 7.87. The summed E-state index contributed by atoms with van der Waals surface area (Å²) in [6.45, 7) is 0.902. The van der Waals surface area contributed by atoms with Crippen LogP contribution in [-0.4, -0.2) is 45.0 Å². The predicted molar refractivity (Wildman–Crippen MR) is 126 cm³/mol. The second-order valence-corrected chi connectivity index (χ2v) is 9.04. The maximum Gasteiger partial charge on any atom is 0.276 e. The van der Waals surface area contributed by atoms with Crippen molar-refractivity contribution < 1.29 is 14.4 Å². The molecule has 1 aromatic carbocycles. The highest BCUT2D eigenvalue weighted by Crippen LogP contribution is 2.24. The lowest BCUT2D eigenvalue weighted by Gasteiger charge is -2.27. The molecule has 0 spiro atoms. The lowest BCUT2D eigenvalue weighted by Crippen LogP contribution is -2.38. The molecule has 0 atom stereocenters. The van der Waals surface area contributed by atoms with Gasteiger partial charge in [-0.3, -0.25) is 19.1 Å². The predicted octanol–water partition coefficient (Wildman–Crippen LogP) is 3.18. The summed E-state index contributed by atoms with van der Waals surface area (Å²) in [5, 5.41) is 10.4. The third-order valence-corrected chi connectivity index (χ3v) is 6.63. The maximum atomic E-state index is 12.9. The molecule has 1 saturated carbocycles. The molecule has 2 aromatic rings. The quantitative estimate of drug-likeness (QED) is 0.660. The minimum Gasteiger partial charge on any atom is -0.353 e. The molecule has 3 amide bonds. The van der Waals surface area contributed by atoms with E-state index in [9.17, 15) is 14.4 Å². The van der Waals surface area contributed by atoms with Gasteiger partial charge in [-0.05, 0) is 25.0 Å². The number of carbonyl (C=O) groups excluding carboxylic acids is 3. The summed E-state index contributed by atoms with van der Waals surface area (Å²) in [5.74, 6) is -0.387. The molecule has 1 aliphatic carbocycles. The third kappa shape index (κ3) is 5.80. The van der Waals surface area contributed by atoms with Crippen molar-refractivity contribution in [2.45, 2.75) is 70.4 Å². The van der Waals surface area contributed by atoms with Gasteiger partial charge in [0.2, 0.25) is 11.8 Å². The van der Waals surface area contributed by atoms with Gasteiger partial charge in [0, 0.05) is 62.4 Å². The van der Waals surface area contributed by atoms with Crippen molar-refractivity contribution >= 4 is 23.4 Å². The van der Waals surface area contributed by atoms with Gasteiger partial charge in [-0.1, -0.05) is 43.9 Å². The number of hydrogen-bond acceptors (Lipinski definition) is 4. The van der Waals surface area contributed by atoms with E-state index in [1.807, 2.05) is 37.4 Å². The number of aryl methyl sites for hydroxylation is 1. The number of carbonyl (C=O) groups is 3. The first kappa shape index (κ1) is 23.0. The van der Waals surface area contributed by atoms with Crippen molar-refractivity contribution in [1.82, 2.24) is 20.0 Å². The highest BCUT2D eigenvalue weighted by molar-refractivity contribution is 6.04. The van der Waals surface area contributed by atoms with Gasteiger partial charge in [0.1, 0.15) is 0 Å². The summed E-state index contributed by atoms with van der Waals surface area (Å²) in [5.41, 5.74) is 2.81. The number of nitrogens with zero attached hydrogens (tertiary/aromatic N) is 3. The monoisotopic (exact) mass is 451 g/mol. The van der Waals surface area contributed by atoms with Gasteiger partial charge < -0.3 is 15.5 Å². The van der Waals surface area contributed by atoms with Crippen molar-refractivity contribution in [2.75, 3.05) is 11.9 Å². The first-order chi connectivity index (χ1) is 16.0. The number of amides is 3. The molecule has 2 heterocycles. The van der Waals surface area contributed by atoms with Crippen molar-refractivity contribution in [2.24, 2.45) is 7.05 Å². The number of anilines is 1. The van der Waals surface area contributed by atoms with Gasteiger partial charge in [0.15, 0.2) is 5.69 Å². The van der Waals surface area contributed by atoms with E-state index >= 15 is 0 Å². The molecule has 1 aromatic heterocycles. The Balaban J connectivity index is 1.34.